The molecule has 0 aliphatic rings. The molecular weight excluding hydrogens is 232 g/mol. The number of amides is 1. The molecule has 0 fully saturated rings. The second-order valence-electron chi connectivity index (χ2n) is 3.82. The number of aldehydes is 1. The number of nitrogens with zero attached hydrogens (tertiary/aromatic N) is 3. The van der Waals surface area contributed by atoms with Crippen molar-refractivity contribution >= 4 is 17.9 Å². The minimum absolute atomic E-state index is 0.0230. The smallest absolute Gasteiger partial charge is 0.246 e. The Morgan fingerprint density at radius 3 is 2.89 bits per heavy atom. The number of anilines is 1. The fraction of sp³-hybridized carbons (Fsp3) is 0.167. The van der Waals surface area contributed by atoms with Crippen LogP contribution in [0.15, 0.2) is 30.5 Å². The SMILES string of the molecule is Cc1ccccc1NC(=O)Cn1cc(C=O)nn1. The summed E-state index contributed by atoms with van der Waals surface area (Å²) < 4.78 is 1.32. The van der Waals surface area contributed by atoms with Gasteiger partial charge in [0, 0.05) is 5.69 Å². The quantitative estimate of drug-likeness (QED) is 0.815. The molecule has 6 heteroatoms. The van der Waals surface area contributed by atoms with Gasteiger partial charge in [0.15, 0.2) is 6.29 Å². The van der Waals surface area contributed by atoms with Crippen LogP contribution in [0.3, 0.4) is 0 Å². The van der Waals surface area contributed by atoms with Gasteiger partial charge >= 0.3 is 0 Å². The summed E-state index contributed by atoms with van der Waals surface area (Å²) in [5.74, 6) is -0.216. The van der Waals surface area contributed by atoms with Crippen LogP contribution in [0.25, 0.3) is 0 Å². The van der Waals surface area contributed by atoms with Gasteiger partial charge < -0.3 is 5.32 Å². The lowest BCUT2D eigenvalue weighted by Crippen LogP contribution is -2.19. The molecule has 2 aromatic rings. The summed E-state index contributed by atoms with van der Waals surface area (Å²) in [6.07, 6.45) is 2.01. The van der Waals surface area contributed by atoms with Crippen LogP contribution in [0.1, 0.15) is 16.1 Å². The van der Waals surface area contributed by atoms with Crippen LogP contribution >= 0.6 is 0 Å². The Hall–Kier alpha value is -2.50. The van der Waals surface area contributed by atoms with Gasteiger partial charge in [-0.1, -0.05) is 23.4 Å². The van der Waals surface area contributed by atoms with Crippen LogP contribution in [0, 0.1) is 6.92 Å². The molecule has 1 aromatic heterocycles. The molecule has 0 spiro atoms. The predicted octanol–water partition coefficient (Wildman–Crippen LogP) is 1.04. The van der Waals surface area contributed by atoms with Gasteiger partial charge in [0.05, 0.1) is 6.20 Å². The normalized spacial score (nSPS) is 10.1. The lowest BCUT2D eigenvalue weighted by molar-refractivity contribution is -0.116. The average molecular weight is 244 g/mol. The Balaban J connectivity index is 2.01. The van der Waals surface area contributed by atoms with Crippen LogP contribution in [0.5, 0.6) is 0 Å². The van der Waals surface area contributed by atoms with Crippen molar-refractivity contribution in [3.05, 3.63) is 41.7 Å². The van der Waals surface area contributed by atoms with Gasteiger partial charge in [-0.25, -0.2) is 4.68 Å². The van der Waals surface area contributed by atoms with E-state index in [1.165, 1.54) is 10.9 Å². The standard InChI is InChI=1S/C12H12N4O2/c1-9-4-2-3-5-11(9)13-12(18)7-16-6-10(8-17)14-15-16/h2-6,8H,7H2,1H3,(H,13,18). The molecule has 0 aliphatic heterocycles. The number of hydrogen-bond acceptors (Lipinski definition) is 4. The first-order chi connectivity index (χ1) is 8.69. The highest BCUT2D eigenvalue weighted by Gasteiger charge is 2.07. The summed E-state index contributed by atoms with van der Waals surface area (Å²) in [5.41, 5.74) is 1.95. The number of rotatable bonds is 4. The topological polar surface area (TPSA) is 76.9 Å². The molecule has 1 N–H and O–H groups in total. The zero-order valence-corrected chi connectivity index (χ0v) is 9.83. The zero-order valence-electron chi connectivity index (χ0n) is 9.83. The predicted molar refractivity (Wildman–Crippen MR) is 65.2 cm³/mol. The van der Waals surface area contributed by atoms with E-state index in [2.05, 4.69) is 15.6 Å². The minimum Gasteiger partial charge on any atom is -0.324 e. The lowest BCUT2D eigenvalue weighted by Gasteiger charge is -2.07. The third kappa shape index (κ3) is 2.79. The summed E-state index contributed by atoms with van der Waals surface area (Å²) in [7, 11) is 0. The molecule has 2 rings (SSSR count). The number of para-hydroxylation sites is 1. The van der Waals surface area contributed by atoms with Gasteiger partial charge in [-0.05, 0) is 18.6 Å². The second-order valence-corrected chi connectivity index (χ2v) is 3.82. The van der Waals surface area contributed by atoms with Gasteiger partial charge in [0.2, 0.25) is 5.91 Å². The molecule has 0 saturated carbocycles. The minimum atomic E-state index is -0.216. The third-order valence-electron chi connectivity index (χ3n) is 2.40. The van der Waals surface area contributed by atoms with Gasteiger partial charge in [-0.2, -0.15) is 0 Å². The Morgan fingerprint density at radius 1 is 1.44 bits per heavy atom. The molecule has 0 atom stereocenters. The first-order valence-electron chi connectivity index (χ1n) is 5.40. The van der Waals surface area contributed by atoms with Crippen LogP contribution in [0.4, 0.5) is 5.69 Å². The number of benzene rings is 1. The van der Waals surface area contributed by atoms with Crippen molar-refractivity contribution in [2.75, 3.05) is 5.32 Å². The Bertz CT molecular complexity index is 577. The largest absolute Gasteiger partial charge is 0.324 e. The molecular formula is C12H12N4O2. The van der Waals surface area contributed by atoms with Gasteiger partial charge in [-0.3, -0.25) is 9.59 Å². The van der Waals surface area contributed by atoms with E-state index in [0.717, 1.165) is 11.3 Å². The number of carbonyl (C=O) groups is 2. The fourth-order valence-corrected chi connectivity index (χ4v) is 1.49. The number of nitrogens with one attached hydrogen (secondary N) is 1. The molecule has 0 saturated heterocycles. The van der Waals surface area contributed by atoms with Crippen molar-refractivity contribution < 1.29 is 9.59 Å². The summed E-state index contributed by atoms with van der Waals surface area (Å²) in [6.45, 7) is 1.94. The molecule has 1 amide bonds. The fourth-order valence-electron chi connectivity index (χ4n) is 1.49. The summed E-state index contributed by atoms with van der Waals surface area (Å²) in [4.78, 5) is 22.2. The molecule has 0 radical (unpaired) electrons. The third-order valence-corrected chi connectivity index (χ3v) is 2.40. The van der Waals surface area contributed by atoms with E-state index in [1.54, 1.807) is 0 Å². The maximum Gasteiger partial charge on any atom is 0.246 e. The van der Waals surface area contributed by atoms with E-state index in [1.807, 2.05) is 31.2 Å². The zero-order chi connectivity index (χ0) is 13.0. The number of hydrogen-bond donors (Lipinski definition) is 1. The lowest BCUT2D eigenvalue weighted by atomic mass is 10.2. The van der Waals surface area contributed by atoms with Crippen LogP contribution < -0.4 is 5.32 Å². The van der Waals surface area contributed by atoms with Crippen molar-refractivity contribution in [2.45, 2.75) is 13.5 Å². The van der Waals surface area contributed by atoms with Crippen LogP contribution in [0.2, 0.25) is 0 Å². The monoisotopic (exact) mass is 244 g/mol. The van der Waals surface area contributed by atoms with Crippen molar-refractivity contribution in [3.63, 3.8) is 0 Å². The van der Waals surface area contributed by atoms with Crippen molar-refractivity contribution in [1.29, 1.82) is 0 Å². The molecule has 0 aliphatic carbocycles. The number of aryl methyl sites for hydroxylation is 1. The Labute approximate surface area is 104 Å². The summed E-state index contributed by atoms with van der Waals surface area (Å²) in [6, 6.07) is 7.49. The molecule has 0 unspecified atom stereocenters. The van der Waals surface area contributed by atoms with Crippen molar-refractivity contribution in [1.82, 2.24) is 15.0 Å². The second kappa shape index (κ2) is 5.22. The molecule has 92 valence electrons. The highest BCUT2D eigenvalue weighted by Crippen LogP contribution is 2.12. The van der Waals surface area contributed by atoms with E-state index in [9.17, 15) is 9.59 Å². The maximum absolute atomic E-state index is 11.7. The van der Waals surface area contributed by atoms with Gasteiger partial charge in [0.25, 0.3) is 0 Å². The number of aromatic nitrogens is 3. The first kappa shape index (κ1) is 12.0. The molecule has 1 heterocycles. The average Bonchev–Trinajstić information content (AvgIpc) is 2.80. The summed E-state index contributed by atoms with van der Waals surface area (Å²) >= 11 is 0. The Morgan fingerprint density at radius 2 is 2.22 bits per heavy atom. The number of carbonyl (C=O) groups excluding carboxylic acids is 2. The highest BCUT2D eigenvalue weighted by molar-refractivity contribution is 5.91. The van der Waals surface area contributed by atoms with E-state index in [0.29, 0.717) is 6.29 Å². The van der Waals surface area contributed by atoms with Crippen molar-refractivity contribution in [3.8, 4) is 0 Å². The molecule has 6 nitrogen and oxygen atoms in total. The van der Waals surface area contributed by atoms with Crippen molar-refractivity contribution in [2.24, 2.45) is 0 Å². The van der Waals surface area contributed by atoms with Gasteiger partial charge in [0.1, 0.15) is 12.2 Å². The molecule has 0 bridgehead atoms. The van der Waals surface area contributed by atoms with E-state index < -0.39 is 0 Å². The van der Waals surface area contributed by atoms with E-state index in [-0.39, 0.29) is 18.1 Å². The van der Waals surface area contributed by atoms with Gasteiger partial charge in [-0.15, -0.1) is 5.10 Å². The molecule has 1 aromatic carbocycles. The maximum atomic E-state index is 11.7. The van der Waals surface area contributed by atoms with E-state index >= 15 is 0 Å². The highest BCUT2D eigenvalue weighted by atomic mass is 16.2. The summed E-state index contributed by atoms with van der Waals surface area (Å²) in [5, 5.41) is 10.0. The Kier molecular flexibility index (Phi) is 3.47. The van der Waals surface area contributed by atoms with Crippen LogP contribution in [-0.4, -0.2) is 27.2 Å². The van der Waals surface area contributed by atoms with E-state index in [4.69, 9.17) is 0 Å². The molecule has 18 heavy (non-hydrogen) atoms. The van der Waals surface area contributed by atoms with Crippen LogP contribution in [-0.2, 0) is 11.3 Å². The first-order valence-corrected chi connectivity index (χ1v) is 5.40.